The van der Waals surface area contributed by atoms with Crippen LogP contribution in [0.4, 0.5) is 4.79 Å². The lowest BCUT2D eigenvalue weighted by Crippen LogP contribution is -2.57. The molecule has 2 heterocycles. The largest absolute Gasteiger partial charge is 0.444 e. The van der Waals surface area contributed by atoms with E-state index in [2.05, 4.69) is 5.32 Å². The van der Waals surface area contributed by atoms with E-state index in [1.165, 1.54) is 6.92 Å². The van der Waals surface area contributed by atoms with Gasteiger partial charge in [0.1, 0.15) is 30.0 Å². The summed E-state index contributed by atoms with van der Waals surface area (Å²) in [6, 6.07) is -1.02. The van der Waals surface area contributed by atoms with Crippen LogP contribution in [0.3, 0.4) is 0 Å². The molecule has 2 aliphatic heterocycles. The maximum Gasteiger partial charge on any atom is 0.408 e. The van der Waals surface area contributed by atoms with E-state index < -0.39 is 74.3 Å². The van der Waals surface area contributed by atoms with Crippen molar-refractivity contribution in [1.29, 1.82) is 0 Å². The minimum Gasteiger partial charge on any atom is -0.444 e. The fourth-order valence-corrected chi connectivity index (χ4v) is 4.81. The summed E-state index contributed by atoms with van der Waals surface area (Å²) in [5.74, 6) is -0.974. The lowest BCUT2D eigenvalue weighted by Gasteiger charge is -2.33. The third-order valence-corrected chi connectivity index (χ3v) is 5.67. The molecule has 188 valence electrons. The van der Waals surface area contributed by atoms with Crippen LogP contribution in [0, 0.1) is 0 Å². The molecule has 2 rings (SSSR count). The average Bonchev–Trinajstić information content (AvgIpc) is 3.02. The molecule has 2 fully saturated rings. The highest BCUT2D eigenvalue weighted by atomic mass is 32.2. The Labute approximate surface area is 189 Å². The quantitative estimate of drug-likeness (QED) is 0.483. The molecule has 0 aromatic heterocycles. The van der Waals surface area contributed by atoms with E-state index in [1.807, 2.05) is 0 Å². The maximum absolute atomic E-state index is 12.6. The first-order chi connectivity index (χ1) is 14.3. The summed E-state index contributed by atoms with van der Waals surface area (Å²) in [7, 11) is -8.05. The van der Waals surface area contributed by atoms with Crippen LogP contribution in [0.25, 0.3) is 0 Å². The topological polar surface area (TPSA) is 153 Å². The first-order valence-electron chi connectivity index (χ1n) is 10.00. The fraction of sp³-hybridized carbons (Fsp3) is 0.944. The lowest BCUT2D eigenvalue weighted by molar-refractivity contribution is -0.148. The van der Waals surface area contributed by atoms with Gasteiger partial charge < -0.3 is 24.3 Å². The van der Waals surface area contributed by atoms with Crippen molar-refractivity contribution >= 4 is 26.3 Å². The van der Waals surface area contributed by atoms with Gasteiger partial charge in [0.05, 0.1) is 31.3 Å². The Bertz CT molecular complexity index is 894. The lowest BCUT2D eigenvalue weighted by atomic mass is 9.98. The van der Waals surface area contributed by atoms with Crippen molar-refractivity contribution < 1.29 is 48.9 Å². The van der Waals surface area contributed by atoms with Crippen LogP contribution >= 0.6 is 0 Å². The molecule has 2 aliphatic rings. The molecular formula is C18H33NO11S2. The van der Waals surface area contributed by atoms with Gasteiger partial charge in [-0.1, -0.05) is 0 Å². The first kappa shape index (κ1) is 27.2. The van der Waals surface area contributed by atoms with Gasteiger partial charge in [-0.3, -0.25) is 8.37 Å². The minimum absolute atomic E-state index is 0.0465. The Balaban J connectivity index is 2.42. The van der Waals surface area contributed by atoms with Gasteiger partial charge in [0.25, 0.3) is 20.2 Å². The summed E-state index contributed by atoms with van der Waals surface area (Å²) in [4.78, 5) is 12.6. The molecule has 1 amide bonds. The summed E-state index contributed by atoms with van der Waals surface area (Å²) < 4.78 is 80.4. The zero-order valence-corrected chi connectivity index (χ0v) is 21.1. The second-order valence-corrected chi connectivity index (χ2v) is 12.6. The van der Waals surface area contributed by atoms with Crippen molar-refractivity contribution in [3.05, 3.63) is 0 Å². The van der Waals surface area contributed by atoms with E-state index >= 15 is 0 Å². The molecule has 0 aromatic carbocycles. The first-order valence-corrected chi connectivity index (χ1v) is 13.6. The van der Waals surface area contributed by atoms with E-state index in [0.717, 1.165) is 12.5 Å². The Morgan fingerprint density at radius 3 is 2.03 bits per heavy atom. The van der Waals surface area contributed by atoms with Gasteiger partial charge in [-0.2, -0.15) is 16.8 Å². The van der Waals surface area contributed by atoms with Crippen molar-refractivity contribution in [1.82, 2.24) is 5.32 Å². The average molecular weight is 504 g/mol. The van der Waals surface area contributed by atoms with Crippen molar-refractivity contribution in [2.75, 3.05) is 19.1 Å². The van der Waals surface area contributed by atoms with Crippen LogP contribution < -0.4 is 5.32 Å². The SMILES string of the molecule is C[C@H]1O[C@@H](C(NC(=O)OC(C)(C)C)[C@H]2COC(C)(C)O2)[C@@H](OS(C)(=O)=O)[C@@H]1OS(C)(=O)=O. The number of alkyl carbamates (subject to hydrolysis) is 1. The molecule has 0 saturated carbocycles. The van der Waals surface area contributed by atoms with Crippen LogP contribution in [-0.2, 0) is 47.5 Å². The van der Waals surface area contributed by atoms with Crippen LogP contribution in [-0.4, -0.2) is 90.0 Å². The van der Waals surface area contributed by atoms with Gasteiger partial charge in [-0.25, -0.2) is 4.79 Å². The summed E-state index contributed by atoms with van der Waals surface area (Å²) >= 11 is 0. The molecule has 0 radical (unpaired) electrons. The summed E-state index contributed by atoms with van der Waals surface area (Å²) in [6.45, 7) is 9.95. The van der Waals surface area contributed by atoms with Crippen molar-refractivity contribution in [3.8, 4) is 0 Å². The summed E-state index contributed by atoms with van der Waals surface area (Å²) in [6.07, 6.45) is -4.68. The molecule has 32 heavy (non-hydrogen) atoms. The number of carbonyl (C=O) groups excluding carboxylic acids is 1. The van der Waals surface area contributed by atoms with Gasteiger partial charge in [0.15, 0.2) is 5.79 Å². The Hall–Kier alpha value is -1.03. The molecule has 0 aromatic rings. The number of amides is 1. The third-order valence-electron chi connectivity index (χ3n) is 4.52. The fourth-order valence-electron chi connectivity index (χ4n) is 3.51. The monoisotopic (exact) mass is 503 g/mol. The van der Waals surface area contributed by atoms with Crippen LogP contribution in [0.2, 0.25) is 0 Å². The zero-order valence-electron chi connectivity index (χ0n) is 19.5. The Kier molecular flexibility index (Phi) is 7.92. The molecule has 12 nitrogen and oxygen atoms in total. The van der Waals surface area contributed by atoms with Crippen LogP contribution in [0.15, 0.2) is 0 Å². The minimum atomic E-state index is -4.06. The molecule has 6 atom stereocenters. The molecule has 0 spiro atoms. The van der Waals surface area contributed by atoms with Crippen molar-refractivity contribution in [3.63, 3.8) is 0 Å². The van der Waals surface area contributed by atoms with Gasteiger partial charge in [-0.15, -0.1) is 0 Å². The van der Waals surface area contributed by atoms with Crippen LogP contribution in [0.5, 0.6) is 0 Å². The molecule has 14 heteroatoms. The smallest absolute Gasteiger partial charge is 0.408 e. The van der Waals surface area contributed by atoms with Crippen molar-refractivity contribution in [2.24, 2.45) is 0 Å². The van der Waals surface area contributed by atoms with E-state index in [1.54, 1.807) is 34.6 Å². The molecule has 1 unspecified atom stereocenters. The second kappa shape index (κ2) is 9.31. The van der Waals surface area contributed by atoms with E-state index in [0.29, 0.717) is 0 Å². The normalized spacial score (nSPS) is 31.9. The van der Waals surface area contributed by atoms with E-state index in [4.69, 9.17) is 27.3 Å². The maximum atomic E-state index is 12.6. The van der Waals surface area contributed by atoms with Gasteiger partial charge >= 0.3 is 6.09 Å². The van der Waals surface area contributed by atoms with Gasteiger partial charge in [-0.05, 0) is 41.5 Å². The standard InChI is InChI=1S/C18H33NO11S2/c1-10-13(29-31(7,21)22)15(30-32(8,23)24)14(26-10)12(11-9-25-18(5,6)27-11)19-16(20)28-17(2,3)4/h10-15H,9H2,1-8H3,(H,19,20)/t10-,11-,12?,13-,14+,15+/m1/s1. The van der Waals surface area contributed by atoms with E-state index in [9.17, 15) is 21.6 Å². The molecule has 0 aliphatic carbocycles. The molecule has 2 saturated heterocycles. The summed E-state index contributed by atoms with van der Waals surface area (Å²) in [5.41, 5.74) is -0.810. The number of rotatable bonds is 7. The highest BCUT2D eigenvalue weighted by Gasteiger charge is 2.54. The molecule has 1 N–H and O–H groups in total. The molecular weight excluding hydrogens is 470 g/mol. The Morgan fingerprint density at radius 1 is 1.06 bits per heavy atom. The highest BCUT2D eigenvalue weighted by molar-refractivity contribution is 7.86. The third kappa shape index (κ3) is 8.08. The predicted octanol–water partition coefficient (Wildman–Crippen LogP) is 0.508. The second-order valence-electron chi connectivity index (χ2n) is 9.37. The number of ether oxygens (including phenoxy) is 4. The molecule has 0 bridgehead atoms. The Morgan fingerprint density at radius 2 is 1.59 bits per heavy atom. The zero-order chi connectivity index (χ0) is 24.7. The highest BCUT2D eigenvalue weighted by Crippen LogP contribution is 2.35. The van der Waals surface area contributed by atoms with Gasteiger partial charge in [0.2, 0.25) is 0 Å². The number of hydrogen-bond donors (Lipinski definition) is 1. The van der Waals surface area contributed by atoms with Crippen LogP contribution in [0.1, 0.15) is 41.5 Å². The number of carbonyl (C=O) groups is 1. The van der Waals surface area contributed by atoms with E-state index in [-0.39, 0.29) is 6.61 Å². The number of hydrogen-bond acceptors (Lipinski definition) is 11. The van der Waals surface area contributed by atoms with Gasteiger partial charge in [0, 0.05) is 0 Å². The van der Waals surface area contributed by atoms with Crippen molar-refractivity contribution in [2.45, 2.75) is 89.5 Å². The predicted molar refractivity (Wildman–Crippen MR) is 112 cm³/mol. The number of nitrogens with one attached hydrogen (secondary N) is 1. The summed E-state index contributed by atoms with van der Waals surface area (Å²) in [5, 5.41) is 2.64.